The monoisotopic (exact) mass is 247 g/mol. The molecule has 3 unspecified atom stereocenters. The second-order valence-electron chi connectivity index (χ2n) is 5.36. The molecule has 3 atom stereocenters. The van der Waals surface area contributed by atoms with E-state index in [4.69, 9.17) is 5.73 Å². The van der Waals surface area contributed by atoms with Crippen molar-refractivity contribution in [1.29, 1.82) is 0 Å². The number of rotatable bonds is 4. The van der Waals surface area contributed by atoms with Crippen LogP contribution in [0.5, 0.6) is 0 Å². The molecule has 2 heterocycles. The maximum atomic E-state index is 5.96. The van der Waals surface area contributed by atoms with Gasteiger partial charge in [-0.05, 0) is 44.4 Å². The number of aromatic nitrogens is 1. The molecule has 0 saturated carbocycles. The van der Waals surface area contributed by atoms with Crippen LogP contribution in [0.25, 0.3) is 0 Å². The fourth-order valence-corrected chi connectivity index (χ4v) is 3.06. The summed E-state index contributed by atoms with van der Waals surface area (Å²) in [5.41, 5.74) is 7.12. The standard InChI is InChI=1S/C15H25N3/c1-3-13-7-9-18(14(10-13)11-16)12(2)15-6-4-5-8-17-15/h4-6,8,12-14H,3,7,9-11,16H2,1-2H3. The molecule has 100 valence electrons. The zero-order valence-corrected chi connectivity index (χ0v) is 11.5. The van der Waals surface area contributed by atoms with Crippen LogP contribution in [0.15, 0.2) is 24.4 Å². The molecule has 1 aliphatic heterocycles. The van der Waals surface area contributed by atoms with E-state index in [9.17, 15) is 0 Å². The Morgan fingerprint density at radius 3 is 2.94 bits per heavy atom. The molecular weight excluding hydrogens is 222 g/mol. The predicted octanol–water partition coefficient (Wildman–Crippen LogP) is 2.59. The van der Waals surface area contributed by atoms with Crippen LogP contribution < -0.4 is 5.73 Å². The summed E-state index contributed by atoms with van der Waals surface area (Å²) in [5, 5.41) is 0. The van der Waals surface area contributed by atoms with E-state index < -0.39 is 0 Å². The molecule has 3 heteroatoms. The highest BCUT2D eigenvalue weighted by Crippen LogP contribution is 2.31. The highest BCUT2D eigenvalue weighted by Gasteiger charge is 2.30. The minimum atomic E-state index is 0.373. The van der Waals surface area contributed by atoms with Gasteiger partial charge >= 0.3 is 0 Å². The number of hydrogen-bond acceptors (Lipinski definition) is 3. The van der Waals surface area contributed by atoms with E-state index in [-0.39, 0.29) is 0 Å². The summed E-state index contributed by atoms with van der Waals surface area (Å²) >= 11 is 0. The Bertz CT molecular complexity index is 352. The molecule has 2 N–H and O–H groups in total. The van der Waals surface area contributed by atoms with E-state index in [2.05, 4.69) is 35.9 Å². The Labute approximate surface area is 110 Å². The zero-order chi connectivity index (χ0) is 13.0. The first-order valence-corrected chi connectivity index (χ1v) is 7.13. The molecule has 3 nitrogen and oxygen atoms in total. The first-order valence-electron chi connectivity index (χ1n) is 7.13. The maximum absolute atomic E-state index is 5.96. The molecule has 0 bridgehead atoms. The van der Waals surface area contributed by atoms with Gasteiger partial charge in [0.2, 0.25) is 0 Å². The van der Waals surface area contributed by atoms with Gasteiger partial charge in [-0.3, -0.25) is 9.88 Å². The van der Waals surface area contributed by atoms with Crippen LogP contribution in [0.1, 0.15) is 44.8 Å². The van der Waals surface area contributed by atoms with Gasteiger partial charge in [-0.1, -0.05) is 19.4 Å². The normalized spacial score (nSPS) is 27.1. The lowest BCUT2D eigenvalue weighted by atomic mass is 9.87. The lowest BCUT2D eigenvalue weighted by molar-refractivity contribution is 0.0755. The Morgan fingerprint density at radius 1 is 1.50 bits per heavy atom. The van der Waals surface area contributed by atoms with Crippen LogP contribution in [0, 0.1) is 5.92 Å². The lowest BCUT2D eigenvalue weighted by Gasteiger charge is -2.42. The van der Waals surface area contributed by atoms with Crippen LogP contribution in [-0.4, -0.2) is 29.0 Å². The Kier molecular flexibility index (Phi) is 4.72. The zero-order valence-electron chi connectivity index (χ0n) is 11.5. The van der Waals surface area contributed by atoms with Crippen molar-refractivity contribution in [3.8, 4) is 0 Å². The van der Waals surface area contributed by atoms with E-state index in [1.54, 1.807) is 0 Å². The van der Waals surface area contributed by atoms with Gasteiger partial charge < -0.3 is 5.73 Å². The largest absolute Gasteiger partial charge is 0.329 e. The average molecular weight is 247 g/mol. The smallest absolute Gasteiger partial charge is 0.0572 e. The molecule has 0 aromatic carbocycles. The molecule has 1 aromatic heterocycles. The summed E-state index contributed by atoms with van der Waals surface area (Å²) in [6.07, 6.45) is 5.69. The van der Waals surface area contributed by atoms with Gasteiger partial charge in [0, 0.05) is 24.8 Å². The van der Waals surface area contributed by atoms with E-state index in [0.717, 1.165) is 24.7 Å². The molecule has 0 aliphatic carbocycles. The summed E-state index contributed by atoms with van der Waals surface area (Å²) in [6, 6.07) is 7.04. The SMILES string of the molecule is CCC1CCN(C(C)c2ccccn2)C(CN)C1. The van der Waals surface area contributed by atoms with Crippen LogP contribution in [0.4, 0.5) is 0 Å². The molecule has 1 aliphatic rings. The summed E-state index contributed by atoms with van der Waals surface area (Å²) in [4.78, 5) is 7.02. The van der Waals surface area contributed by atoms with Crippen LogP contribution in [0.3, 0.4) is 0 Å². The first-order chi connectivity index (χ1) is 8.76. The fraction of sp³-hybridized carbons (Fsp3) is 0.667. The molecule has 18 heavy (non-hydrogen) atoms. The van der Waals surface area contributed by atoms with Gasteiger partial charge in [0.25, 0.3) is 0 Å². The van der Waals surface area contributed by atoms with Gasteiger partial charge in [0.15, 0.2) is 0 Å². The highest BCUT2D eigenvalue weighted by atomic mass is 15.2. The number of nitrogens with two attached hydrogens (primary N) is 1. The molecule has 0 amide bonds. The van der Waals surface area contributed by atoms with Crippen molar-refractivity contribution in [2.24, 2.45) is 11.7 Å². The number of hydrogen-bond donors (Lipinski definition) is 1. The molecule has 0 spiro atoms. The van der Waals surface area contributed by atoms with Crippen LogP contribution in [-0.2, 0) is 0 Å². The van der Waals surface area contributed by atoms with Crippen molar-refractivity contribution >= 4 is 0 Å². The van der Waals surface area contributed by atoms with E-state index in [1.165, 1.54) is 19.3 Å². The minimum Gasteiger partial charge on any atom is -0.329 e. The minimum absolute atomic E-state index is 0.373. The number of likely N-dealkylation sites (tertiary alicyclic amines) is 1. The molecule has 1 saturated heterocycles. The quantitative estimate of drug-likeness (QED) is 0.889. The van der Waals surface area contributed by atoms with Gasteiger partial charge in [0.1, 0.15) is 0 Å². The second kappa shape index (κ2) is 6.30. The van der Waals surface area contributed by atoms with E-state index in [1.807, 2.05) is 12.3 Å². The van der Waals surface area contributed by atoms with Gasteiger partial charge in [-0.25, -0.2) is 0 Å². The number of nitrogens with zero attached hydrogens (tertiary/aromatic N) is 2. The van der Waals surface area contributed by atoms with Crippen molar-refractivity contribution in [1.82, 2.24) is 9.88 Å². The molecule has 0 radical (unpaired) electrons. The average Bonchev–Trinajstić information content (AvgIpc) is 2.46. The van der Waals surface area contributed by atoms with E-state index >= 15 is 0 Å². The van der Waals surface area contributed by atoms with Crippen molar-refractivity contribution in [2.45, 2.75) is 45.2 Å². The third kappa shape index (κ3) is 2.90. The summed E-state index contributed by atoms with van der Waals surface area (Å²) < 4.78 is 0. The van der Waals surface area contributed by atoms with E-state index in [0.29, 0.717) is 12.1 Å². The van der Waals surface area contributed by atoms with Crippen LogP contribution in [0.2, 0.25) is 0 Å². The Morgan fingerprint density at radius 2 is 2.33 bits per heavy atom. The van der Waals surface area contributed by atoms with Gasteiger partial charge in [-0.2, -0.15) is 0 Å². The predicted molar refractivity (Wildman–Crippen MR) is 75.2 cm³/mol. The number of pyridine rings is 1. The summed E-state index contributed by atoms with van der Waals surface area (Å²) in [6.45, 7) is 6.44. The van der Waals surface area contributed by atoms with Crippen molar-refractivity contribution in [3.05, 3.63) is 30.1 Å². The van der Waals surface area contributed by atoms with Crippen LogP contribution >= 0.6 is 0 Å². The maximum Gasteiger partial charge on any atom is 0.0572 e. The van der Waals surface area contributed by atoms with Crippen molar-refractivity contribution in [3.63, 3.8) is 0 Å². The molecular formula is C15H25N3. The Balaban J connectivity index is 2.07. The number of piperidine rings is 1. The Hall–Kier alpha value is -0.930. The summed E-state index contributed by atoms with van der Waals surface area (Å²) in [7, 11) is 0. The molecule has 1 aromatic rings. The topological polar surface area (TPSA) is 42.2 Å². The van der Waals surface area contributed by atoms with Gasteiger partial charge in [-0.15, -0.1) is 0 Å². The first kappa shape index (κ1) is 13.5. The van der Waals surface area contributed by atoms with Crippen molar-refractivity contribution < 1.29 is 0 Å². The summed E-state index contributed by atoms with van der Waals surface area (Å²) in [5.74, 6) is 0.853. The third-order valence-electron chi connectivity index (χ3n) is 4.33. The second-order valence-corrected chi connectivity index (χ2v) is 5.36. The van der Waals surface area contributed by atoms with Crippen molar-refractivity contribution in [2.75, 3.05) is 13.1 Å². The lowest BCUT2D eigenvalue weighted by Crippen LogP contribution is -2.47. The third-order valence-corrected chi connectivity index (χ3v) is 4.33. The van der Waals surface area contributed by atoms with Gasteiger partial charge in [0.05, 0.1) is 5.69 Å². The molecule has 1 fully saturated rings. The fourth-order valence-electron chi connectivity index (χ4n) is 3.06. The molecule has 2 rings (SSSR count). The highest BCUT2D eigenvalue weighted by molar-refractivity contribution is 5.09.